The SMILES string of the molecule is C[C@@]1(c2ccc(C(=N)N)cc2)NC(=O)N(CC(=O)N[C@@H](CC(=O)O)c2ccccc2)C1=O. The number of aliphatic carboxylic acids is 1. The number of nitrogens with two attached hydrogens (primary N) is 1. The number of benzene rings is 2. The van der Waals surface area contributed by atoms with Gasteiger partial charge in [-0.2, -0.15) is 0 Å². The third-order valence-corrected chi connectivity index (χ3v) is 5.27. The number of amides is 4. The Morgan fingerprint density at radius 1 is 1.16 bits per heavy atom. The van der Waals surface area contributed by atoms with Gasteiger partial charge in [-0.1, -0.05) is 54.6 Å². The third kappa shape index (κ3) is 4.59. The van der Waals surface area contributed by atoms with Crippen molar-refractivity contribution in [3.8, 4) is 0 Å². The van der Waals surface area contributed by atoms with Gasteiger partial charge < -0.3 is 21.5 Å². The molecule has 0 bridgehead atoms. The Bertz CT molecular complexity index is 1070. The molecule has 32 heavy (non-hydrogen) atoms. The van der Waals surface area contributed by atoms with E-state index < -0.39 is 41.9 Å². The van der Waals surface area contributed by atoms with Crippen LogP contribution in [0, 0.1) is 5.41 Å². The third-order valence-electron chi connectivity index (χ3n) is 5.27. The Kier molecular flexibility index (Phi) is 6.24. The van der Waals surface area contributed by atoms with Gasteiger partial charge in [-0.15, -0.1) is 0 Å². The summed E-state index contributed by atoms with van der Waals surface area (Å²) in [6.45, 7) is 0.958. The number of amidine groups is 1. The van der Waals surface area contributed by atoms with Crippen molar-refractivity contribution in [1.82, 2.24) is 15.5 Å². The number of carbonyl (C=O) groups excluding carboxylic acids is 3. The fourth-order valence-corrected chi connectivity index (χ4v) is 3.52. The van der Waals surface area contributed by atoms with Crippen molar-refractivity contribution in [3.05, 3.63) is 71.3 Å². The Hall–Kier alpha value is -4.21. The van der Waals surface area contributed by atoms with Crippen LogP contribution in [0.1, 0.15) is 36.1 Å². The molecule has 0 aliphatic carbocycles. The number of urea groups is 1. The summed E-state index contributed by atoms with van der Waals surface area (Å²) in [6.07, 6.45) is -0.351. The van der Waals surface area contributed by atoms with E-state index in [4.69, 9.17) is 11.1 Å². The molecule has 0 radical (unpaired) electrons. The highest BCUT2D eigenvalue weighted by atomic mass is 16.4. The molecule has 0 unspecified atom stereocenters. The predicted molar refractivity (Wildman–Crippen MR) is 115 cm³/mol. The maximum absolute atomic E-state index is 13.0. The van der Waals surface area contributed by atoms with Crippen LogP contribution in [0.5, 0.6) is 0 Å². The van der Waals surface area contributed by atoms with Gasteiger partial charge in [-0.05, 0) is 18.1 Å². The normalized spacial score (nSPS) is 18.7. The summed E-state index contributed by atoms with van der Waals surface area (Å²) in [5, 5.41) is 21.8. The van der Waals surface area contributed by atoms with Crippen molar-refractivity contribution in [2.45, 2.75) is 24.9 Å². The van der Waals surface area contributed by atoms with Crippen LogP contribution in [0.4, 0.5) is 4.79 Å². The van der Waals surface area contributed by atoms with Crippen LogP contribution in [0.2, 0.25) is 0 Å². The van der Waals surface area contributed by atoms with Crippen molar-refractivity contribution in [3.63, 3.8) is 0 Å². The van der Waals surface area contributed by atoms with Gasteiger partial charge in [0.15, 0.2) is 0 Å². The molecule has 1 fully saturated rings. The molecule has 2 aromatic rings. The van der Waals surface area contributed by atoms with Crippen LogP contribution in [0.25, 0.3) is 0 Å². The zero-order valence-electron chi connectivity index (χ0n) is 17.3. The molecule has 1 heterocycles. The van der Waals surface area contributed by atoms with E-state index in [0.717, 1.165) is 4.90 Å². The number of nitrogens with one attached hydrogen (secondary N) is 3. The molecule has 10 nitrogen and oxygen atoms in total. The minimum absolute atomic E-state index is 0.129. The number of imide groups is 1. The van der Waals surface area contributed by atoms with Crippen LogP contribution in [-0.2, 0) is 19.9 Å². The monoisotopic (exact) mass is 437 g/mol. The number of nitrogen functional groups attached to an aromatic ring is 1. The minimum Gasteiger partial charge on any atom is -0.481 e. The zero-order valence-corrected chi connectivity index (χ0v) is 17.3. The number of carbonyl (C=O) groups is 4. The zero-order chi connectivity index (χ0) is 23.5. The molecule has 6 N–H and O–H groups in total. The maximum Gasteiger partial charge on any atom is 0.325 e. The highest BCUT2D eigenvalue weighted by Gasteiger charge is 2.49. The van der Waals surface area contributed by atoms with E-state index in [1.165, 1.54) is 6.92 Å². The Balaban J connectivity index is 1.74. The summed E-state index contributed by atoms with van der Waals surface area (Å²) in [6, 6.07) is 13.3. The predicted octanol–water partition coefficient (Wildman–Crippen LogP) is 1.07. The Morgan fingerprint density at radius 3 is 2.34 bits per heavy atom. The second-order valence-electron chi connectivity index (χ2n) is 7.57. The number of nitrogens with zero attached hydrogens (tertiary/aromatic N) is 1. The van der Waals surface area contributed by atoms with Crippen molar-refractivity contribution < 1.29 is 24.3 Å². The average molecular weight is 437 g/mol. The summed E-state index contributed by atoms with van der Waals surface area (Å²) in [7, 11) is 0. The summed E-state index contributed by atoms with van der Waals surface area (Å²) in [4.78, 5) is 50.1. The van der Waals surface area contributed by atoms with Crippen molar-refractivity contribution in [2.24, 2.45) is 5.73 Å². The van der Waals surface area contributed by atoms with Crippen LogP contribution >= 0.6 is 0 Å². The van der Waals surface area contributed by atoms with Crippen LogP contribution in [0.3, 0.4) is 0 Å². The molecule has 3 rings (SSSR count). The minimum atomic E-state index is -1.40. The number of hydrogen-bond acceptors (Lipinski definition) is 5. The summed E-state index contributed by atoms with van der Waals surface area (Å²) in [5.74, 6) is -2.52. The molecule has 0 saturated carbocycles. The highest BCUT2D eigenvalue weighted by molar-refractivity contribution is 6.09. The molecular weight excluding hydrogens is 414 g/mol. The molecule has 1 aliphatic heterocycles. The maximum atomic E-state index is 13.0. The number of rotatable bonds is 8. The second kappa shape index (κ2) is 8.88. The first-order valence-corrected chi connectivity index (χ1v) is 9.77. The number of hydrogen-bond donors (Lipinski definition) is 5. The summed E-state index contributed by atoms with van der Waals surface area (Å²) >= 11 is 0. The number of carboxylic acids is 1. The van der Waals surface area contributed by atoms with E-state index in [0.29, 0.717) is 16.7 Å². The average Bonchev–Trinajstić information content (AvgIpc) is 2.97. The van der Waals surface area contributed by atoms with Crippen LogP contribution in [-0.4, -0.2) is 46.2 Å². The van der Waals surface area contributed by atoms with E-state index in [9.17, 15) is 24.3 Å². The van der Waals surface area contributed by atoms with Gasteiger partial charge in [0.1, 0.15) is 17.9 Å². The van der Waals surface area contributed by atoms with Crippen molar-refractivity contribution in [1.29, 1.82) is 5.41 Å². The van der Waals surface area contributed by atoms with Gasteiger partial charge >= 0.3 is 12.0 Å². The second-order valence-corrected chi connectivity index (χ2v) is 7.57. The highest BCUT2D eigenvalue weighted by Crippen LogP contribution is 2.29. The van der Waals surface area contributed by atoms with E-state index >= 15 is 0 Å². The Morgan fingerprint density at radius 2 is 1.78 bits per heavy atom. The summed E-state index contributed by atoms with van der Waals surface area (Å²) < 4.78 is 0. The van der Waals surface area contributed by atoms with Crippen molar-refractivity contribution in [2.75, 3.05) is 6.54 Å². The fraction of sp³-hybridized carbons (Fsp3) is 0.227. The van der Waals surface area contributed by atoms with Crippen molar-refractivity contribution >= 4 is 29.7 Å². The van der Waals surface area contributed by atoms with E-state index in [1.807, 2.05) is 0 Å². The summed E-state index contributed by atoms with van der Waals surface area (Å²) in [5.41, 5.74) is 5.58. The molecular formula is C22H23N5O5. The van der Waals surface area contributed by atoms with Crippen LogP contribution in [0.15, 0.2) is 54.6 Å². The van der Waals surface area contributed by atoms with Gasteiger partial charge in [0.2, 0.25) is 5.91 Å². The smallest absolute Gasteiger partial charge is 0.325 e. The molecule has 166 valence electrons. The number of carboxylic acid groups (broad SMARTS) is 1. The van der Waals surface area contributed by atoms with Gasteiger partial charge in [0.05, 0.1) is 12.5 Å². The van der Waals surface area contributed by atoms with Gasteiger partial charge in [0, 0.05) is 5.56 Å². The molecule has 2 aromatic carbocycles. The van der Waals surface area contributed by atoms with Crippen LogP contribution < -0.4 is 16.4 Å². The van der Waals surface area contributed by atoms with Gasteiger partial charge in [-0.25, -0.2) is 4.79 Å². The first-order chi connectivity index (χ1) is 15.1. The lowest BCUT2D eigenvalue weighted by Crippen LogP contribution is -2.44. The Labute approximate surface area is 183 Å². The van der Waals surface area contributed by atoms with E-state index in [2.05, 4.69) is 10.6 Å². The standard InChI is InChI=1S/C22H23N5O5/c1-22(15-9-7-14(8-10-15)19(23)24)20(31)27(21(32)26-22)12-17(28)25-16(11-18(29)30)13-5-3-2-4-6-13/h2-10,16H,11-12H2,1H3,(H3,23,24)(H,25,28)(H,26,32)(H,29,30)/t16-,22-/m0/s1. The van der Waals surface area contributed by atoms with Gasteiger partial charge in [0.25, 0.3) is 5.91 Å². The van der Waals surface area contributed by atoms with E-state index in [-0.39, 0.29) is 12.3 Å². The molecule has 10 heteroatoms. The lowest BCUT2D eigenvalue weighted by atomic mass is 9.91. The van der Waals surface area contributed by atoms with Gasteiger partial charge in [-0.3, -0.25) is 24.7 Å². The first-order valence-electron chi connectivity index (χ1n) is 9.77. The first kappa shape index (κ1) is 22.5. The van der Waals surface area contributed by atoms with E-state index in [1.54, 1.807) is 54.6 Å². The molecule has 4 amide bonds. The largest absolute Gasteiger partial charge is 0.481 e. The molecule has 0 spiro atoms. The molecule has 2 atom stereocenters. The fourth-order valence-electron chi connectivity index (χ4n) is 3.52. The molecule has 0 aromatic heterocycles. The lowest BCUT2D eigenvalue weighted by Gasteiger charge is -2.23. The lowest BCUT2D eigenvalue weighted by molar-refractivity contribution is -0.138. The molecule has 1 aliphatic rings. The topological polar surface area (TPSA) is 166 Å². The molecule has 1 saturated heterocycles. The quantitative estimate of drug-likeness (QED) is 0.235.